The monoisotopic (exact) mass is 312 g/mol. The van der Waals surface area contributed by atoms with Crippen LogP contribution in [0.4, 0.5) is 17.5 Å². The maximum absolute atomic E-state index is 5.16. The zero-order valence-corrected chi connectivity index (χ0v) is 13.3. The fourth-order valence-corrected chi connectivity index (χ4v) is 2.20. The smallest absolute Gasteiger partial charge is 0.231 e. The third-order valence-electron chi connectivity index (χ3n) is 3.45. The van der Waals surface area contributed by atoms with Gasteiger partial charge in [0.2, 0.25) is 5.95 Å². The van der Waals surface area contributed by atoms with Crippen molar-refractivity contribution in [2.24, 2.45) is 0 Å². The molecule has 0 spiro atoms. The summed E-state index contributed by atoms with van der Waals surface area (Å²) in [4.78, 5) is 16.3. The van der Waals surface area contributed by atoms with Crippen LogP contribution < -0.4 is 15.4 Å². The van der Waals surface area contributed by atoms with Gasteiger partial charge >= 0.3 is 0 Å². The first-order valence-corrected chi connectivity index (χ1v) is 7.66. The molecule has 3 N–H and O–H groups in total. The molecule has 7 nitrogen and oxygen atoms in total. The number of H-pyrrole nitrogens is 1. The molecule has 0 atom stereocenters. The number of anilines is 3. The van der Waals surface area contributed by atoms with Crippen molar-refractivity contribution in [1.29, 1.82) is 0 Å². The minimum atomic E-state index is 0.508. The molecule has 0 radical (unpaired) electrons. The zero-order chi connectivity index (χ0) is 16.1. The van der Waals surface area contributed by atoms with E-state index >= 15 is 0 Å². The van der Waals surface area contributed by atoms with E-state index in [0.717, 1.165) is 42.2 Å². The Morgan fingerprint density at radius 1 is 1.17 bits per heavy atom. The lowest BCUT2D eigenvalue weighted by Gasteiger charge is -2.09. The Kier molecular flexibility index (Phi) is 4.56. The van der Waals surface area contributed by atoms with Gasteiger partial charge in [0.1, 0.15) is 11.3 Å². The molecule has 0 aliphatic heterocycles. The predicted molar refractivity (Wildman–Crippen MR) is 91.4 cm³/mol. The SMILES string of the molecule is CCCCNc1nc(Nc2ccc(OC)cc2)nc2nc[nH]c12. The number of imidazole rings is 1. The lowest BCUT2D eigenvalue weighted by Crippen LogP contribution is -2.06. The van der Waals surface area contributed by atoms with E-state index in [1.165, 1.54) is 0 Å². The number of aromatic nitrogens is 4. The topological polar surface area (TPSA) is 87.8 Å². The molecule has 3 rings (SSSR count). The van der Waals surface area contributed by atoms with E-state index in [1.54, 1.807) is 13.4 Å². The van der Waals surface area contributed by atoms with Gasteiger partial charge in [-0.15, -0.1) is 0 Å². The van der Waals surface area contributed by atoms with Gasteiger partial charge in [0.15, 0.2) is 11.5 Å². The Morgan fingerprint density at radius 3 is 2.74 bits per heavy atom. The van der Waals surface area contributed by atoms with Crippen LogP contribution in [-0.2, 0) is 0 Å². The Hall–Kier alpha value is -2.83. The summed E-state index contributed by atoms with van der Waals surface area (Å²) in [7, 11) is 1.64. The van der Waals surface area contributed by atoms with Gasteiger partial charge in [-0.25, -0.2) is 4.98 Å². The Labute approximate surface area is 134 Å². The minimum absolute atomic E-state index is 0.508. The molecule has 7 heteroatoms. The summed E-state index contributed by atoms with van der Waals surface area (Å²) in [5, 5.41) is 6.53. The molecular formula is C16H20N6O. The second-order valence-electron chi connectivity index (χ2n) is 5.13. The second kappa shape index (κ2) is 6.95. The summed E-state index contributed by atoms with van der Waals surface area (Å²) in [6.07, 6.45) is 3.84. The molecule has 0 aliphatic rings. The summed E-state index contributed by atoms with van der Waals surface area (Å²) in [6, 6.07) is 7.61. The highest BCUT2D eigenvalue weighted by Gasteiger charge is 2.10. The van der Waals surface area contributed by atoms with Gasteiger partial charge < -0.3 is 20.4 Å². The molecule has 0 aliphatic carbocycles. The van der Waals surface area contributed by atoms with E-state index in [0.29, 0.717) is 11.6 Å². The molecule has 0 amide bonds. The van der Waals surface area contributed by atoms with Crippen molar-refractivity contribution in [3.63, 3.8) is 0 Å². The number of aromatic amines is 1. The van der Waals surface area contributed by atoms with Crippen LogP contribution in [0.5, 0.6) is 5.75 Å². The van der Waals surface area contributed by atoms with Gasteiger partial charge in [-0.1, -0.05) is 13.3 Å². The Bertz CT molecular complexity index is 768. The van der Waals surface area contributed by atoms with Gasteiger partial charge in [-0.05, 0) is 30.7 Å². The molecule has 2 aromatic heterocycles. The largest absolute Gasteiger partial charge is 0.497 e. The molecule has 0 bridgehead atoms. The third-order valence-corrected chi connectivity index (χ3v) is 3.45. The Balaban J connectivity index is 1.84. The van der Waals surface area contributed by atoms with Crippen molar-refractivity contribution in [2.45, 2.75) is 19.8 Å². The molecule has 0 saturated carbocycles. The quantitative estimate of drug-likeness (QED) is 0.580. The van der Waals surface area contributed by atoms with Crippen LogP contribution >= 0.6 is 0 Å². The summed E-state index contributed by atoms with van der Waals surface area (Å²) in [5.41, 5.74) is 2.34. The van der Waals surface area contributed by atoms with Gasteiger partial charge in [0.05, 0.1) is 13.4 Å². The van der Waals surface area contributed by atoms with E-state index in [-0.39, 0.29) is 0 Å². The van der Waals surface area contributed by atoms with Crippen LogP contribution in [0.1, 0.15) is 19.8 Å². The average molecular weight is 312 g/mol. The summed E-state index contributed by atoms with van der Waals surface area (Å²) in [6.45, 7) is 3.02. The number of fused-ring (bicyclic) bond motifs is 1. The maximum atomic E-state index is 5.16. The highest BCUT2D eigenvalue weighted by Crippen LogP contribution is 2.22. The predicted octanol–water partition coefficient (Wildman–Crippen LogP) is 3.32. The first kappa shape index (κ1) is 15.1. The number of unbranched alkanes of at least 4 members (excludes halogenated alkanes) is 1. The fourth-order valence-electron chi connectivity index (χ4n) is 2.20. The highest BCUT2D eigenvalue weighted by molar-refractivity contribution is 5.84. The van der Waals surface area contributed by atoms with E-state index < -0.39 is 0 Å². The molecule has 1 aromatic carbocycles. The van der Waals surface area contributed by atoms with Crippen LogP contribution in [0, 0.1) is 0 Å². The number of methoxy groups -OCH3 is 1. The van der Waals surface area contributed by atoms with Crippen LogP contribution in [-0.4, -0.2) is 33.6 Å². The number of ether oxygens (including phenoxy) is 1. The number of nitrogens with zero attached hydrogens (tertiary/aromatic N) is 3. The van der Waals surface area contributed by atoms with E-state index in [4.69, 9.17) is 4.74 Å². The molecule has 0 saturated heterocycles. The fraction of sp³-hybridized carbons (Fsp3) is 0.312. The zero-order valence-electron chi connectivity index (χ0n) is 13.3. The van der Waals surface area contributed by atoms with E-state index in [9.17, 15) is 0 Å². The van der Waals surface area contributed by atoms with Gasteiger partial charge in [0, 0.05) is 12.2 Å². The van der Waals surface area contributed by atoms with Crippen LogP contribution in [0.15, 0.2) is 30.6 Å². The molecule has 3 aromatic rings. The van der Waals surface area contributed by atoms with Crippen LogP contribution in [0.2, 0.25) is 0 Å². The van der Waals surface area contributed by atoms with E-state index in [1.807, 2.05) is 24.3 Å². The minimum Gasteiger partial charge on any atom is -0.497 e. The standard InChI is InChI=1S/C16H20N6O/c1-3-4-9-17-14-13-15(19-10-18-13)22-16(21-14)20-11-5-7-12(23-2)8-6-11/h5-8,10H,3-4,9H2,1-2H3,(H3,17,18,19,20,21,22). The molecule has 2 heterocycles. The number of hydrogen-bond donors (Lipinski definition) is 3. The van der Waals surface area contributed by atoms with Gasteiger partial charge in [-0.2, -0.15) is 9.97 Å². The average Bonchev–Trinajstić information content (AvgIpc) is 3.04. The molecule has 0 fully saturated rings. The highest BCUT2D eigenvalue weighted by atomic mass is 16.5. The number of nitrogens with one attached hydrogen (secondary N) is 3. The number of benzene rings is 1. The van der Waals surface area contributed by atoms with Crippen molar-refractivity contribution in [3.8, 4) is 5.75 Å². The molecule has 120 valence electrons. The van der Waals surface area contributed by atoms with Crippen molar-refractivity contribution >= 4 is 28.6 Å². The molecular weight excluding hydrogens is 292 g/mol. The van der Waals surface area contributed by atoms with Crippen molar-refractivity contribution in [3.05, 3.63) is 30.6 Å². The van der Waals surface area contributed by atoms with Crippen molar-refractivity contribution in [2.75, 3.05) is 24.3 Å². The first-order chi connectivity index (χ1) is 11.3. The van der Waals surface area contributed by atoms with E-state index in [2.05, 4.69) is 37.5 Å². The Morgan fingerprint density at radius 2 is 2.00 bits per heavy atom. The van der Waals surface area contributed by atoms with Crippen molar-refractivity contribution < 1.29 is 4.74 Å². The van der Waals surface area contributed by atoms with Crippen LogP contribution in [0.3, 0.4) is 0 Å². The summed E-state index contributed by atoms with van der Waals surface area (Å²) in [5.74, 6) is 2.08. The maximum Gasteiger partial charge on any atom is 0.231 e. The number of hydrogen-bond acceptors (Lipinski definition) is 6. The lowest BCUT2D eigenvalue weighted by atomic mass is 10.3. The van der Waals surface area contributed by atoms with Crippen LogP contribution in [0.25, 0.3) is 11.2 Å². The summed E-state index contributed by atoms with van der Waals surface area (Å²) < 4.78 is 5.16. The lowest BCUT2D eigenvalue weighted by molar-refractivity contribution is 0.415. The molecule has 23 heavy (non-hydrogen) atoms. The molecule has 0 unspecified atom stereocenters. The second-order valence-corrected chi connectivity index (χ2v) is 5.13. The third kappa shape index (κ3) is 3.50. The summed E-state index contributed by atoms with van der Waals surface area (Å²) >= 11 is 0. The number of rotatable bonds is 7. The van der Waals surface area contributed by atoms with Gasteiger partial charge in [-0.3, -0.25) is 0 Å². The van der Waals surface area contributed by atoms with Crippen molar-refractivity contribution in [1.82, 2.24) is 19.9 Å². The normalized spacial score (nSPS) is 10.7. The van der Waals surface area contributed by atoms with Gasteiger partial charge in [0.25, 0.3) is 0 Å². The first-order valence-electron chi connectivity index (χ1n) is 7.66.